The molecule has 0 fully saturated rings. The van der Waals surface area contributed by atoms with Crippen molar-refractivity contribution in [2.75, 3.05) is 6.61 Å². The van der Waals surface area contributed by atoms with Crippen molar-refractivity contribution in [1.29, 1.82) is 0 Å². The van der Waals surface area contributed by atoms with Crippen molar-refractivity contribution in [2.24, 2.45) is 16.8 Å². The van der Waals surface area contributed by atoms with Gasteiger partial charge in [0.05, 0.1) is 6.61 Å². The van der Waals surface area contributed by atoms with Crippen LogP contribution < -0.4 is 5.73 Å². The van der Waals surface area contributed by atoms with Crippen LogP contribution in [0.1, 0.15) is 25.1 Å². The van der Waals surface area contributed by atoms with Crippen LogP contribution in [0.15, 0.2) is 23.5 Å². The van der Waals surface area contributed by atoms with Crippen molar-refractivity contribution in [2.45, 2.75) is 20.5 Å². The number of hydrogen-bond acceptors (Lipinski definition) is 4. The van der Waals surface area contributed by atoms with Crippen LogP contribution in [0.4, 0.5) is 0 Å². The van der Waals surface area contributed by atoms with Crippen molar-refractivity contribution in [3.63, 3.8) is 0 Å². The molecular weight excluding hydrogens is 206 g/mol. The van der Waals surface area contributed by atoms with Crippen LogP contribution in [0.25, 0.3) is 0 Å². The zero-order chi connectivity index (χ0) is 12.0. The molecule has 16 heavy (non-hydrogen) atoms. The largest absolute Gasteiger partial charge is 0.409 e. The quantitative estimate of drug-likeness (QED) is 0.342. The maximum atomic E-state index is 8.52. The highest BCUT2D eigenvalue weighted by atomic mass is 16.5. The topological polar surface area (TPSA) is 80.7 Å². The molecule has 0 spiro atoms. The molecule has 3 N–H and O–H groups in total. The van der Waals surface area contributed by atoms with Crippen molar-refractivity contribution < 1.29 is 9.94 Å². The molecule has 1 rings (SSSR count). The molecule has 0 radical (unpaired) electrons. The van der Waals surface area contributed by atoms with E-state index in [4.69, 9.17) is 15.7 Å². The van der Waals surface area contributed by atoms with E-state index in [1.54, 1.807) is 12.3 Å². The first-order chi connectivity index (χ1) is 7.63. The SMILES string of the molecule is CC(C)COCc1ccnc(C(N)=NO)c1. The summed E-state index contributed by atoms with van der Waals surface area (Å²) in [5.74, 6) is 0.510. The van der Waals surface area contributed by atoms with E-state index < -0.39 is 0 Å². The Bertz CT molecular complexity index is 364. The van der Waals surface area contributed by atoms with E-state index in [1.165, 1.54) is 0 Å². The second kappa shape index (κ2) is 6.07. The summed E-state index contributed by atoms with van der Waals surface area (Å²) >= 11 is 0. The van der Waals surface area contributed by atoms with Gasteiger partial charge in [-0.25, -0.2) is 0 Å². The molecule has 1 heterocycles. The highest BCUT2D eigenvalue weighted by molar-refractivity contribution is 5.95. The summed E-state index contributed by atoms with van der Waals surface area (Å²) in [6.45, 7) is 5.40. The number of pyridine rings is 1. The Morgan fingerprint density at radius 3 is 3.00 bits per heavy atom. The number of nitrogens with two attached hydrogens (primary N) is 1. The molecule has 0 saturated carbocycles. The molecule has 0 atom stereocenters. The van der Waals surface area contributed by atoms with Gasteiger partial charge in [0, 0.05) is 12.8 Å². The van der Waals surface area contributed by atoms with Crippen LogP contribution in [0.3, 0.4) is 0 Å². The van der Waals surface area contributed by atoms with Gasteiger partial charge in [-0.3, -0.25) is 4.98 Å². The molecule has 0 aliphatic heterocycles. The van der Waals surface area contributed by atoms with E-state index in [2.05, 4.69) is 24.0 Å². The minimum Gasteiger partial charge on any atom is -0.409 e. The van der Waals surface area contributed by atoms with Crippen LogP contribution in [-0.2, 0) is 11.3 Å². The first-order valence-electron chi connectivity index (χ1n) is 5.14. The van der Waals surface area contributed by atoms with Gasteiger partial charge >= 0.3 is 0 Å². The molecule has 0 bridgehead atoms. The number of nitrogens with zero attached hydrogens (tertiary/aromatic N) is 2. The number of oxime groups is 1. The summed E-state index contributed by atoms with van der Waals surface area (Å²) < 4.78 is 5.48. The molecular formula is C11H17N3O2. The molecule has 0 aromatic carbocycles. The average molecular weight is 223 g/mol. The van der Waals surface area contributed by atoms with Crippen LogP contribution >= 0.6 is 0 Å². The summed E-state index contributed by atoms with van der Waals surface area (Å²) in [4.78, 5) is 3.98. The van der Waals surface area contributed by atoms with E-state index >= 15 is 0 Å². The second-order valence-electron chi connectivity index (χ2n) is 3.94. The van der Waals surface area contributed by atoms with Gasteiger partial charge in [-0.15, -0.1) is 0 Å². The maximum Gasteiger partial charge on any atom is 0.188 e. The predicted molar refractivity (Wildman–Crippen MR) is 61.2 cm³/mol. The molecule has 5 heteroatoms. The average Bonchev–Trinajstić information content (AvgIpc) is 2.28. The summed E-state index contributed by atoms with van der Waals surface area (Å²) in [5, 5.41) is 11.4. The van der Waals surface area contributed by atoms with Gasteiger partial charge in [-0.05, 0) is 23.6 Å². The fraction of sp³-hybridized carbons (Fsp3) is 0.455. The smallest absolute Gasteiger partial charge is 0.188 e. The van der Waals surface area contributed by atoms with Crippen molar-refractivity contribution in [1.82, 2.24) is 4.98 Å². The Hall–Kier alpha value is -1.62. The second-order valence-corrected chi connectivity index (χ2v) is 3.94. The van der Waals surface area contributed by atoms with Crippen LogP contribution in [-0.4, -0.2) is 22.6 Å². The van der Waals surface area contributed by atoms with Gasteiger partial charge in [0.15, 0.2) is 5.84 Å². The fourth-order valence-electron chi connectivity index (χ4n) is 1.17. The normalized spacial score (nSPS) is 12.1. The third-order valence-electron chi connectivity index (χ3n) is 1.91. The zero-order valence-corrected chi connectivity index (χ0v) is 9.55. The Morgan fingerprint density at radius 1 is 1.62 bits per heavy atom. The fourth-order valence-corrected chi connectivity index (χ4v) is 1.17. The molecule has 88 valence electrons. The maximum absolute atomic E-state index is 8.52. The van der Waals surface area contributed by atoms with Gasteiger partial charge < -0.3 is 15.7 Å². The standard InChI is InChI=1S/C11H17N3O2/c1-8(2)6-16-7-9-3-4-13-10(5-9)11(12)14-15/h3-5,8,15H,6-7H2,1-2H3,(H2,12,14). The molecule has 0 aliphatic carbocycles. The summed E-state index contributed by atoms with van der Waals surface area (Å²) in [6.07, 6.45) is 1.61. The van der Waals surface area contributed by atoms with E-state index in [0.717, 1.165) is 5.56 Å². The van der Waals surface area contributed by atoms with E-state index in [9.17, 15) is 0 Å². The number of rotatable bonds is 5. The molecule has 0 saturated heterocycles. The Labute approximate surface area is 94.9 Å². The predicted octanol–water partition coefficient (Wildman–Crippen LogP) is 1.35. The van der Waals surface area contributed by atoms with Gasteiger partial charge in [0.1, 0.15) is 5.69 Å². The first-order valence-corrected chi connectivity index (χ1v) is 5.14. The highest BCUT2D eigenvalue weighted by Gasteiger charge is 2.02. The van der Waals surface area contributed by atoms with Crippen molar-refractivity contribution in [3.05, 3.63) is 29.6 Å². The van der Waals surface area contributed by atoms with Gasteiger partial charge in [-0.2, -0.15) is 0 Å². The number of aromatic nitrogens is 1. The molecule has 5 nitrogen and oxygen atoms in total. The summed E-state index contributed by atoms with van der Waals surface area (Å²) in [6, 6.07) is 3.59. The van der Waals surface area contributed by atoms with Crippen LogP contribution in [0.2, 0.25) is 0 Å². The highest BCUT2D eigenvalue weighted by Crippen LogP contribution is 2.05. The minimum absolute atomic E-state index is 0.00529. The Kier molecular flexibility index (Phi) is 4.72. The third-order valence-corrected chi connectivity index (χ3v) is 1.91. The van der Waals surface area contributed by atoms with E-state index in [0.29, 0.717) is 24.8 Å². The molecule has 0 amide bonds. The Morgan fingerprint density at radius 2 is 2.38 bits per heavy atom. The number of amidine groups is 1. The molecule has 1 aromatic heterocycles. The van der Waals surface area contributed by atoms with Crippen LogP contribution in [0, 0.1) is 5.92 Å². The lowest BCUT2D eigenvalue weighted by Crippen LogP contribution is -2.15. The van der Waals surface area contributed by atoms with Gasteiger partial charge in [0.25, 0.3) is 0 Å². The number of ether oxygens (including phenoxy) is 1. The number of hydrogen-bond donors (Lipinski definition) is 2. The van der Waals surface area contributed by atoms with E-state index in [1.807, 2.05) is 6.07 Å². The van der Waals surface area contributed by atoms with E-state index in [-0.39, 0.29) is 5.84 Å². The molecule has 0 aliphatic rings. The lowest BCUT2D eigenvalue weighted by Gasteiger charge is -2.07. The lowest BCUT2D eigenvalue weighted by molar-refractivity contribution is 0.0970. The van der Waals surface area contributed by atoms with Crippen LogP contribution in [0.5, 0.6) is 0 Å². The lowest BCUT2D eigenvalue weighted by atomic mass is 10.2. The molecule has 0 unspecified atom stereocenters. The van der Waals surface area contributed by atoms with Gasteiger partial charge in [-0.1, -0.05) is 19.0 Å². The molecule has 1 aromatic rings. The first kappa shape index (κ1) is 12.4. The summed E-state index contributed by atoms with van der Waals surface area (Å²) in [7, 11) is 0. The zero-order valence-electron chi connectivity index (χ0n) is 9.55. The Balaban J connectivity index is 2.61. The third kappa shape index (κ3) is 3.86. The minimum atomic E-state index is 0.00529. The summed E-state index contributed by atoms with van der Waals surface area (Å²) in [5.41, 5.74) is 6.84. The van der Waals surface area contributed by atoms with Gasteiger partial charge in [0.2, 0.25) is 0 Å². The van der Waals surface area contributed by atoms with Crippen molar-refractivity contribution in [3.8, 4) is 0 Å². The van der Waals surface area contributed by atoms with Crippen molar-refractivity contribution >= 4 is 5.84 Å². The monoisotopic (exact) mass is 223 g/mol.